The van der Waals surface area contributed by atoms with Crippen LogP contribution in [0.5, 0.6) is 5.75 Å². The van der Waals surface area contributed by atoms with Gasteiger partial charge in [-0.05, 0) is 43.3 Å². The first-order valence-electron chi connectivity index (χ1n) is 8.42. The molecular formula is C19H18N4O4S. The Morgan fingerprint density at radius 3 is 2.25 bits per heavy atom. The van der Waals surface area contributed by atoms with Crippen LogP contribution in [0, 0.1) is 0 Å². The number of amides is 1. The molecule has 0 aliphatic rings. The van der Waals surface area contributed by atoms with Gasteiger partial charge in [0.15, 0.2) is 0 Å². The van der Waals surface area contributed by atoms with Crippen molar-refractivity contribution in [2.75, 3.05) is 16.6 Å². The second kappa shape index (κ2) is 8.49. The van der Waals surface area contributed by atoms with Crippen LogP contribution in [0.1, 0.15) is 17.3 Å². The SMILES string of the molecule is CCOc1ccc(NC(=O)c2cnc(NS(=O)(=O)c3ccccc3)nc2)cc1. The maximum Gasteiger partial charge on any atom is 0.264 e. The highest BCUT2D eigenvalue weighted by Gasteiger charge is 2.15. The highest BCUT2D eigenvalue weighted by atomic mass is 32.2. The van der Waals surface area contributed by atoms with E-state index in [0.717, 1.165) is 0 Å². The molecule has 0 unspecified atom stereocenters. The number of nitrogens with zero attached hydrogens (tertiary/aromatic N) is 2. The summed E-state index contributed by atoms with van der Waals surface area (Å²) in [6.45, 7) is 2.45. The number of hydrogen-bond donors (Lipinski definition) is 2. The van der Waals surface area contributed by atoms with E-state index in [9.17, 15) is 13.2 Å². The van der Waals surface area contributed by atoms with Gasteiger partial charge in [-0.15, -0.1) is 0 Å². The molecule has 3 aromatic rings. The minimum absolute atomic E-state index is 0.0934. The molecule has 0 saturated heterocycles. The predicted molar refractivity (Wildman–Crippen MR) is 105 cm³/mol. The average Bonchev–Trinajstić information content (AvgIpc) is 2.70. The molecule has 2 N–H and O–H groups in total. The van der Waals surface area contributed by atoms with Crippen LogP contribution in [-0.2, 0) is 10.0 Å². The lowest BCUT2D eigenvalue weighted by Crippen LogP contribution is -2.16. The summed E-state index contributed by atoms with van der Waals surface area (Å²) in [7, 11) is -3.79. The Labute approximate surface area is 162 Å². The lowest BCUT2D eigenvalue weighted by molar-refractivity contribution is 0.102. The summed E-state index contributed by atoms with van der Waals surface area (Å²) in [5, 5.41) is 2.71. The van der Waals surface area contributed by atoms with Gasteiger partial charge in [0.1, 0.15) is 5.75 Å². The van der Waals surface area contributed by atoms with Crippen molar-refractivity contribution in [1.82, 2.24) is 9.97 Å². The number of benzene rings is 2. The molecule has 0 aliphatic carbocycles. The maximum atomic E-state index is 12.3. The zero-order valence-electron chi connectivity index (χ0n) is 15.0. The minimum atomic E-state index is -3.79. The molecule has 1 heterocycles. The first kappa shape index (κ1) is 19.3. The Morgan fingerprint density at radius 2 is 1.64 bits per heavy atom. The van der Waals surface area contributed by atoms with Crippen molar-refractivity contribution in [2.24, 2.45) is 0 Å². The summed E-state index contributed by atoms with van der Waals surface area (Å²) in [5.74, 6) is 0.169. The topological polar surface area (TPSA) is 110 Å². The van der Waals surface area contributed by atoms with Gasteiger partial charge in [-0.25, -0.2) is 23.1 Å². The smallest absolute Gasteiger partial charge is 0.264 e. The summed E-state index contributed by atoms with van der Waals surface area (Å²) in [5.41, 5.74) is 0.777. The summed E-state index contributed by atoms with van der Waals surface area (Å²) in [6, 6.07) is 14.8. The molecule has 1 amide bonds. The van der Waals surface area contributed by atoms with Crippen LogP contribution in [0.4, 0.5) is 11.6 Å². The molecule has 144 valence electrons. The molecular weight excluding hydrogens is 380 g/mol. The molecule has 0 fully saturated rings. The van der Waals surface area contributed by atoms with Crippen molar-refractivity contribution in [2.45, 2.75) is 11.8 Å². The van der Waals surface area contributed by atoms with E-state index in [1.165, 1.54) is 24.5 Å². The fourth-order valence-corrected chi connectivity index (χ4v) is 3.26. The Bertz CT molecular complexity index is 1040. The van der Waals surface area contributed by atoms with E-state index in [2.05, 4.69) is 20.0 Å². The van der Waals surface area contributed by atoms with E-state index in [1.54, 1.807) is 42.5 Å². The van der Waals surface area contributed by atoms with E-state index in [4.69, 9.17) is 4.74 Å². The normalized spacial score (nSPS) is 10.9. The second-order valence-corrected chi connectivity index (χ2v) is 7.31. The summed E-state index contributed by atoms with van der Waals surface area (Å²) >= 11 is 0. The first-order valence-corrected chi connectivity index (χ1v) is 9.90. The Morgan fingerprint density at radius 1 is 1.00 bits per heavy atom. The van der Waals surface area contributed by atoms with Crippen molar-refractivity contribution < 1.29 is 17.9 Å². The Kier molecular flexibility index (Phi) is 5.85. The van der Waals surface area contributed by atoms with Gasteiger partial charge in [0.25, 0.3) is 15.9 Å². The van der Waals surface area contributed by atoms with Crippen LogP contribution in [0.3, 0.4) is 0 Å². The van der Waals surface area contributed by atoms with E-state index in [-0.39, 0.29) is 16.4 Å². The number of sulfonamides is 1. The fourth-order valence-electron chi connectivity index (χ4n) is 2.28. The summed E-state index contributed by atoms with van der Waals surface area (Å²) in [6.07, 6.45) is 2.50. The van der Waals surface area contributed by atoms with Gasteiger partial charge < -0.3 is 10.1 Å². The van der Waals surface area contributed by atoms with Crippen molar-refractivity contribution >= 4 is 27.6 Å². The number of ether oxygens (including phenoxy) is 1. The zero-order valence-corrected chi connectivity index (χ0v) is 15.8. The van der Waals surface area contributed by atoms with E-state index >= 15 is 0 Å². The van der Waals surface area contributed by atoms with Gasteiger partial charge >= 0.3 is 0 Å². The van der Waals surface area contributed by atoms with Crippen LogP contribution in [-0.4, -0.2) is 30.9 Å². The molecule has 0 bridgehead atoms. The Hall–Kier alpha value is -3.46. The molecule has 1 aromatic heterocycles. The Balaban J connectivity index is 1.66. The van der Waals surface area contributed by atoms with Crippen LogP contribution >= 0.6 is 0 Å². The van der Waals surface area contributed by atoms with Gasteiger partial charge in [-0.1, -0.05) is 18.2 Å². The molecule has 8 nitrogen and oxygen atoms in total. The molecule has 28 heavy (non-hydrogen) atoms. The molecule has 2 aromatic carbocycles. The maximum absolute atomic E-state index is 12.3. The second-order valence-electron chi connectivity index (χ2n) is 5.63. The van der Waals surface area contributed by atoms with Gasteiger partial charge in [0.2, 0.25) is 5.95 Å². The number of rotatable bonds is 7. The summed E-state index contributed by atoms with van der Waals surface area (Å²) in [4.78, 5) is 20.2. The molecule has 9 heteroatoms. The lowest BCUT2D eigenvalue weighted by atomic mass is 10.2. The van der Waals surface area contributed by atoms with Crippen molar-refractivity contribution in [3.05, 3.63) is 72.6 Å². The van der Waals surface area contributed by atoms with Crippen LogP contribution < -0.4 is 14.8 Å². The quantitative estimate of drug-likeness (QED) is 0.633. The van der Waals surface area contributed by atoms with Crippen LogP contribution in [0.2, 0.25) is 0 Å². The number of nitrogens with one attached hydrogen (secondary N) is 2. The van der Waals surface area contributed by atoms with Gasteiger partial charge in [0, 0.05) is 18.1 Å². The summed E-state index contributed by atoms with van der Waals surface area (Å²) < 4.78 is 32.1. The largest absolute Gasteiger partial charge is 0.494 e. The molecule has 3 rings (SSSR count). The van der Waals surface area contributed by atoms with Gasteiger partial charge in [-0.2, -0.15) is 0 Å². The standard InChI is InChI=1S/C19H18N4O4S/c1-2-27-16-10-8-15(9-11-16)22-18(24)14-12-20-19(21-13-14)23-28(25,26)17-6-4-3-5-7-17/h3-13H,2H2,1H3,(H,22,24)(H,20,21,23). The monoisotopic (exact) mass is 398 g/mol. The van der Waals surface area contributed by atoms with Crippen molar-refractivity contribution in [3.8, 4) is 5.75 Å². The van der Waals surface area contributed by atoms with Crippen LogP contribution in [0.25, 0.3) is 0 Å². The first-order chi connectivity index (χ1) is 13.5. The molecule has 0 aliphatic heterocycles. The number of anilines is 2. The molecule has 0 atom stereocenters. The van der Waals surface area contributed by atoms with Crippen LogP contribution in [0.15, 0.2) is 71.9 Å². The van der Waals surface area contributed by atoms with E-state index in [1.807, 2.05) is 6.92 Å². The number of hydrogen-bond acceptors (Lipinski definition) is 6. The highest BCUT2D eigenvalue weighted by Crippen LogP contribution is 2.17. The predicted octanol–water partition coefficient (Wildman–Crippen LogP) is 2.93. The highest BCUT2D eigenvalue weighted by molar-refractivity contribution is 7.92. The van der Waals surface area contributed by atoms with E-state index in [0.29, 0.717) is 18.0 Å². The van der Waals surface area contributed by atoms with Crippen molar-refractivity contribution in [3.63, 3.8) is 0 Å². The number of carbonyl (C=O) groups excluding carboxylic acids is 1. The number of aromatic nitrogens is 2. The average molecular weight is 398 g/mol. The van der Waals surface area contributed by atoms with E-state index < -0.39 is 15.9 Å². The minimum Gasteiger partial charge on any atom is -0.494 e. The van der Waals surface area contributed by atoms with Crippen molar-refractivity contribution in [1.29, 1.82) is 0 Å². The molecule has 0 saturated carbocycles. The number of carbonyl (C=O) groups is 1. The van der Waals surface area contributed by atoms with Gasteiger partial charge in [-0.3, -0.25) is 4.79 Å². The third-order valence-corrected chi connectivity index (χ3v) is 4.96. The third kappa shape index (κ3) is 4.83. The van der Waals surface area contributed by atoms with Gasteiger partial charge in [0.05, 0.1) is 17.1 Å². The zero-order chi connectivity index (χ0) is 20.0. The molecule has 0 radical (unpaired) electrons. The molecule has 0 spiro atoms. The fraction of sp³-hybridized carbons (Fsp3) is 0.105. The third-order valence-electron chi connectivity index (χ3n) is 3.62. The lowest BCUT2D eigenvalue weighted by Gasteiger charge is -2.08.